The summed E-state index contributed by atoms with van der Waals surface area (Å²) in [6.07, 6.45) is -2.30. The molecular weight excluding hydrogens is 438 g/mol. The fourth-order valence-electron chi connectivity index (χ4n) is 3.97. The van der Waals surface area contributed by atoms with Crippen molar-refractivity contribution in [2.45, 2.75) is 25.9 Å². The molecule has 0 radical (unpaired) electrons. The molecule has 4 rings (SSSR count). The number of rotatable bonds is 4. The highest BCUT2D eigenvalue weighted by Gasteiger charge is 2.32. The average molecular weight is 461 g/mol. The number of halogens is 4. The van der Waals surface area contributed by atoms with Gasteiger partial charge in [0.1, 0.15) is 5.82 Å². The molecule has 33 heavy (non-hydrogen) atoms. The second-order valence-corrected chi connectivity index (χ2v) is 8.14. The summed E-state index contributed by atoms with van der Waals surface area (Å²) in [7, 11) is 0. The predicted octanol–water partition coefficient (Wildman–Crippen LogP) is 4.51. The molecule has 1 aromatic carbocycles. The first-order valence-electron chi connectivity index (χ1n) is 10.6. The number of piperazine rings is 1. The first-order valence-corrected chi connectivity index (χ1v) is 10.6. The monoisotopic (exact) mass is 461 g/mol. The fraction of sp³-hybridized carbons (Fsp3) is 0.348. The van der Waals surface area contributed by atoms with Gasteiger partial charge >= 0.3 is 6.18 Å². The summed E-state index contributed by atoms with van der Waals surface area (Å²) in [6.45, 7) is 5.55. The Morgan fingerprint density at radius 1 is 1.00 bits per heavy atom. The van der Waals surface area contributed by atoms with Gasteiger partial charge in [0, 0.05) is 32.4 Å². The van der Waals surface area contributed by atoms with E-state index in [4.69, 9.17) is 0 Å². The van der Waals surface area contributed by atoms with Crippen molar-refractivity contribution in [3.05, 3.63) is 71.4 Å². The van der Waals surface area contributed by atoms with Crippen molar-refractivity contribution in [1.29, 1.82) is 0 Å². The largest absolute Gasteiger partial charge is 0.417 e. The molecule has 3 heterocycles. The lowest BCUT2D eigenvalue weighted by molar-refractivity contribution is -0.137. The standard InChI is InChI=1S/C23H23F4N5O/c1-15(2)21-17(14-29-32(21)20-8-7-16(13-28-20)23(25,26)27)22(33)31-11-9-30(10-12-31)19-6-4-3-5-18(19)24/h3-8,13-15H,9-12H2,1-2H3. The van der Waals surface area contributed by atoms with Crippen LogP contribution >= 0.6 is 0 Å². The molecule has 2 aromatic heterocycles. The van der Waals surface area contributed by atoms with E-state index in [1.807, 2.05) is 18.7 Å². The third-order valence-electron chi connectivity index (χ3n) is 5.64. The molecule has 1 amide bonds. The Morgan fingerprint density at radius 3 is 2.27 bits per heavy atom. The van der Waals surface area contributed by atoms with Crippen molar-refractivity contribution in [3.63, 3.8) is 0 Å². The van der Waals surface area contributed by atoms with E-state index in [1.165, 1.54) is 23.0 Å². The van der Waals surface area contributed by atoms with Crippen molar-refractivity contribution in [3.8, 4) is 5.82 Å². The second kappa shape index (κ2) is 8.84. The van der Waals surface area contributed by atoms with Crippen LogP contribution in [-0.4, -0.2) is 51.8 Å². The van der Waals surface area contributed by atoms with Crippen LogP contribution in [0.4, 0.5) is 23.2 Å². The summed E-state index contributed by atoms with van der Waals surface area (Å²) in [5.41, 5.74) is 0.608. The number of hydrogen-bond acceptors (Lipinski definition) is 4. The van der Waals surface area contributed by atoms with E-state index in [2.05, 4.69) is 10.1 Å². The molecule has 0 bridgehead atoms. The Kier molecular flexibility index (Phi) is 6.09. The molecule has 6 nitrogen and oxygen atoms in total. The van der Waals surface area contributed by atoms with Gasteiger partial charge in [-0.15, -0.1) is 0 Å². The van der Waals surface area contributed by atoms with Gasteiger partial charge in [0.25, 0.3) is 5.91 Å². The summed E-state index contributed by atoms with van der Waals surface area (Å²) in [5.74, 6) is -0.444. The molecule has 0 atom stereocenters. The van der Waals surface area contributed by atoms with Gasteiger partial charge in [0.2, 0.25) is 0 Å². The lowest BCUT2D eigenvalue weighted by Crippen LogP contribution is -2.49. The van der Waals surface area contributed by atoms with E-state index in [0.717, 1.165) is 12.3 Å². The number of amides is 1. The van der Waals surface area contributed by atoms with Gasteiger partial charge in [0.05, 0.1) is 28.7 Å². The van der Waals surface area contributed by atoms with Gasteiger partial charge in [0.15, 0.2) is 5.82 Å². The van der Waals surface area contributed by atoms with E-state index < -0.39 is 11.7 Å². The maximum Gasteiger partial charge on any atom is 0.417 e. The number of nitrogens with zero attached hydrogens (tertiary/aromatic N) is 5. The van der Waals surface area contributed by atoms with E-state index in [1.54, 1.807) is 23.1 Å². The Balaban J connectivity index is 1.54. The zero-order valence-corrected chi connectivity index (χ0v) is 18.2. The minimum Gasteiger partial charge on any atom is -0.366 e. The second-order valence-electron chi connectivity index (χ2n) is 8.14. The van der Waals surface area contributed by atoms with Crippen LogP contribution in [0.1, 0.15) is 41.4 Å². The van der Waals surface area contributed by atoms with Crippen LogP contribution in [-0.2, 0) is 6.18 Å². The summed E-state index contributed by atoms with van der Waals surface area (Å²) < 4.78 is 54.1. The molecular formula is C23H23F4N5O. The van der Waals surface area contributed by atoms with Crippen molar-refractivity contribution in [1.82, 2.24) is 19.7 Å². The molecule has 0 saturated carbocycles. The number of carbonyl (C=O) groups is 1. The summed E-state index contributed by atoms with van der Waals surface area (Å²) in [5, 5.41) is 4.25. The predicted molar refractivity (Wildman–Crippen MR) is 115 cm³/mol. The minimum absolute atomic E-state index is 0.129. The highest BCUT2D eigenvalue weighted by molar-refractivity contribution is 5.95. The number of carbonyl (C=O) groups excluding carboxylic acids is 1. The van der Waals surface area contributed by atoms with Crippen molar-refractivity contribution in [2.75, 3.05) is 31.1 Å². The molecule has 174 valence electrons. The van der Waals surface area contributed by atoms with Crippen LogP contribution in [0.2, 0.25) is 0 Å². The first-order chi connectivity index (χ1) is 15.7. The maximum atomic E-state index is 14.1. The average Bonchev–Trinajstić information content (AvgIpc) is 3.24. The molecule has 0 aliphatic carbocycles. The molecule has 0 N–H and O–H groups in total. The quantitative estimate of drug-likeness (QED) is 0.537. The molecule has 10 heteroatoms. The molecule has 0 spiro atoms. The smallest absolute Gasteiger partial charge is 0.366 e. The van der Waals surface area contributed by atoms with Crippen molar-refractivity contribution < 1.29 is 22.4 Å². The zero-order valence-electron chi connectivity index (χ0n) is 18.2. The molecule has 1 fully saturated rings. The van der Waals surface area contributed by atoms with Crippen LogP contribution in [0.15, 0.2) is 48.8 Å². The van der Waals surface area contributed by atoms with Gasteiger partial charge < -0.3 is 9.80 Å². The SMILES string of the molecule is CC(C)c1c(C(=O)N2CCN(c3ccccc3F)CC2)cnn1-c1ccc(C(F)(F)F)cn1. The Labute approximate surface area is 188 Å². The third kappa shape index (κ3) is 4.55. The minimum atomic E-state index is -4.48. The van der Waals surface area contributed by atoms with Crippen LogP contribution in [0.3, 0.4) is 0 Å². The van der Waals surface area contributed by atoms with Gasteiger partial charge in [-0.3, -0.25) is 4.79 Å². The first kappa shape index (κ1) is 22.8. The van der Waals surface area contributed by atoms with Crippen LogP contribution in [0.5, 0.6) is 0 Å². The Bertz CT molecular complexity index is 1130. The normalized spacial score (nSPS) is 14.8. The molecule has 0 unspecified atom stereocenters. The third-order valence-corrected chi connectivity index (χ3v) is 5.64. The van der Waals surface area contributed by atoms with E-state index in [-0.39, 0.29) is 23.5 Å². The number of benzene rings is 1. The number of hydrogen-bond donors (Lipinski definition) is 0. The maximum absolute atomic E-state index is 14.1. The molecule has 1 aliphatic rings. The van der Waals surface area contributed by atoms with Gasteiger partial charge in [-0.25, -0.2) is 14.1 Å². The number of pyridine rings is 1. The Morgan fingerprint density at radius 2 is 1.70 bits per heavy atom. The van der Waals surface area contributed by atoms with Gasteiger partial charge in [-0.2, -0.15) is 18.3 Å². The Hall–Kier alpha value is -3.43. The fourth-order valence-corrected chi connectivity index (χ4v) is 3.97. The van der Waals surface area contributed by atoms with E-state index >= 15 is 0 Å². The summed E-state index contributed by atoms with van der Waals surface area (Å²) in [6, 6.07) is 8.71. The lowest BCUT2D eigenvalue weighted by Gasteiger charge is -2.36. The van der Waals surface area contributed by atoms with Crippen molar-refractivity contribution in [2.24, 2.45) is 0 Å². The van der Waals surface area contributed by atoms with Gasteiger partial charge in [-0.1, -0.05) is 26.0 Å². The van der Waals surface area contributed by atoms with Crippen LogP contribution < -0.4 is 4.90 Å². The summed E-state index contributed by atoms with van der Waals surface area (Å²) in [4.78, 5) is 20.8. The molecule has 3 aromatic rings. The highest BCUT2D eigenvalue weighted by atomic mass is 19.4. The number of para-hydroxylation sites is 1. The lowest BCUT2D eigenvalue weighted by atomic mass is 10.0. The number of anilines is 1. The van der Waals surface area contributed by atoms with E-state index in [0.29, 0.717) is 43.1 Å². The van der Waals surface area contributed by atoms with Crippen molar-refractivity contribution >= 4 is 11.6 Å². The molecule has 1 aliphatic heterocycles. The topological polar surface area (TPSA) is 54.3 Å². The summed E-state index contributed by atoms with van der Waals surface area (Å²) >= 11 is 0. The van der Waals surface area contributed by atoms with Crippen LogP contribution in [0, 0.1) is 5.82 Å². The zero-order chi connectivity index (χ0) is 23.8. The molecule has 1 saturated heterocycles. The number of aromatic nitrogens is 3. The number of alkyl halides is 3. The highest BCUT2D eigenvalue weighted by Crippen LogP contribution is 2.30. The van der Waals surface area contributed by atoms with Gasteiger partial charge in [-0.05, 0) is 30.2 Å². The van der Waals surface area contributed by atoms with E-state index in [9.17, 15) is 22.4 Å². The van der Waals surface area contributed by atoms with Crippen LogP contribution in [0.25, 0.3) is 5.82 Å².